The number of nitrogens with zero attached hydrogens (tertiary/aromatic N) is 4. The Balaban J connectivity index is 1.31. The summed E-state index contributed by atoms with van der Waals surface area (Å²) in [5, 5.41) is 8.37. The van der Waals surface area contributed by atoms with Crippen LogP contribution in [0.15, 0.2) is 83.6 Å². The summed E-state index contributed by atoms with van der Waals surface area (Å²) in [6.07, 6.45) is 0. The Labute approximate surface area is 258 Å². The third kappa shape index (κ3) is 3.54. The average molecular weight is 636 g/mol. The predicted octanol–water partition coefficient (Wildman–Crippen LogP) is 5.56. The number of hydrogen-bond donors (Lipinski definition) is 0. The number of hydrazine groups is 1. The number of carbonyl (C=O) groups is 4. The molecule has 4 aromatic rings. The Morgan fingerprint density at radius 3 is 1.31 bits per heavy atom. The van der Waals surface area contributed by atoms with Crippen LogP contribution in [0.1, 0.15) is 21.8 Å². The predicted molar refractivity (Wildman–Crippen MR) is 160 cm³/mol. The highest BCUT2D eigenvalue weighted by atomic mass is 35.5. The van der Waals surface area contributed by atoms with Gasteiger partial charge in [0, 0.05) is 19.8 Å². The Morgan fingerprint density at radius 1 is 0.524 bits per heavy atom. The van der Waals surface area contributed by atoms with E-state index in [2.05, 4.69) is 0 Å². The Morgan fingerprint density at radius 2 is 0.952 bits per heavy atom. The summed E-state index contributed by atoms with van der Waals surface area (Å²) in [6.45, 7) is 0. The minimum absolute atomic E-state index is 0.356. The fourth-order valence-electron chi connectivity index (χ4n) is 7.05. The maximum absolute atomic E-state index is 14.3. The van der Waals surface area contributed by atoms with Gasteiger partial charge >= 0.3 is 0 Å². The molecule has 2 aromatic carbocycles. The summed E-state index contributed by atoms with van der Waals surface area (Å²) in [5.41, 5.74) is 0.796. The van der Waals surface area contributed by atoms with E-state index in [0.29, 0.717) is 21.4 Å². The van der Waals surface area contributed by atoms with Crippen LogP contribution in [0.2, 0.25) is 10.0 Å². The maximum Gasteiger partial charge on any atom is 0.253 e. The molecule has 0 spiro atoms. The van der Waals surface area contributed by atoms with Crippen LogP contribution < -0.4 is 9.80 Å². The molecule has 0 unspecified atom stereocenters. The van der Waals surface area contributed by atoms with Crippen molar-refractivity contribution < 1.29 is 19.2 Å². The lowest BCUT2D eigenvalue weighted by atomic mass is 9.88. The lowest BCUT2D eigenvalue weighted by molar-refractivity contribution is -0.135. The zero-order valence-corrected chi connectivity index (χ0v) is 24.7. The van der Waals surface area contributed by atoms with Crippen molar-refractivity contribution in [1.82, 2.24) is 10.0 Å². The van der Waals surface area contributed by atoms with Crippen molar-refractivity contribution >= 4 is 80.9 Å². The van der Waals surface area contributed by atoms with Gasteiger partial charge in [0.25, 0.3) is 11.8 Å². The number of carbonyl (C=O) groups excluding carboxylic acids is 4. The van der Waals surface area contributed by atoms with E-state index in [1.165, 1.54) is 32.5 Å². The van der Waals surface area contributed by atoms with Crippen molar-refractivity contribution in [2.75, 3.05) is 9.80 Å². The van der Waals surface area contributed by atoms with E-state index in [9.17, 15) is 19.2 Å². The molecule has 42 heavy (non-hydrogen) atoms. The molecule has 0 saturated carbocycles. The Bertz CT molecular complexity index is 1650. The van der Waals surface area contributed by atoms with Crippen LogP contribution in [-0.2, 0) is 19.2 Å². The van der Waals surface area contributed by atoms with Gasteiger partial charge in [-0.3, -0.25) is 19.2 Å². The van der Waals surface area contributed by atoms with Gasteiger partial charge in [0.2, 0.25) is 11.8 Å². The molecule has 0 bridgehead atoms. The van der Waals surface area contributed by atoms with Crippen molar-refractivity contribution in [3.8, 4) is 0 Å². The lowest BCUT2D eigenvalue weighted by Crippen LogP contribution is -2.50. The zero-order valence-electron chi connectivity index (χ0n) is 21.5. The van der Waals surface area contributed by atoms with Crippen molar-refractivity contribution in [2.45, 2.75) is 24.2 Å². The summed E-state index contributed by atoms with van der Waals surface area (Å²) in [4.78, 5) is 61.2. The summed E-state index contributed by atoms with van der Waals surface area (Å²) in [7, 11) is 0. The number of imide groups is 2. The van der Waals surface area contributed by atoms with Crippen LogP contribution in [0.3, 0.4) is 0 Å². The van der Waals surface area contributed by atoms with Gasteiger partial charge in [-0.15, -0.1) is 22.7 Å². The first-order chi connectivity index (χ1) is 20.4. The second-order valence-electron chi connectivity index (χ2n) is 10.6. The highest BCUT2D eigenvalue weighted by molar-refractivity contribution is 7.10. The quantitative estimate of drug-likeness (QED) is 0.273. The molecular formula is C30H20Cl2N4O4S2. The molecule has 4 fully saturated rings. The van der Waals surface area contributed by atoms with Gasteiger partial charge in [-0.05, 0) is 59.3 Å². The number of rotatable bonds is 4. The number of fused-ring (bicyclic) bond motifs is 5. The van der Waals surface area contributed by atoms with Crippen molar-refractivity contribution in [2.24, 2.45) is 11.8 Å². The lowest BCUT2D eigenvalue weighted by Gasteiger charge is -2.35. The number of hydrogen-bond acceptors (Lipinski definition) is 8. The molecule has 210 valence electrons. The van der Waals surface area contributed by atoms with Gasteiger partial charge < -0.3 is 0 Å². The number of halogens is 2. The standard InChI is InChI=1S/C30H20Cl2N4O4S2/c31-15-5-1-7-17(13-15)33-27(37)21-23(19-9-3-11-41-19)36-26-22(24(20-10-4-12-42-20)35(36)25(21)29(33)39)28(38)34(30(26)40)18-8-2-6-16(32)14-18/h1-14,21-26H/t21-,22-,23-,24+,25+,26-/m1/s1. The molecule has 4 aliphatic heterocycles. The second kappa shape index (κ2) is 9.57. The third-order valence-electron chi connectivity index (χ3n) is 8.53. The van der Waals surface area contributed by atoms with Crippen LogP contribution in [0.4, 0.5) is 11.4 Å². The molecule has 4 amide bonds. The SMILES string of the molecule is O=C1[C@H]2[C@@H](C(=O)N1c1cccc(Cl)c1)N1[C@@H](c3cccs3)[C@H]3C(=O)N(c4cccc(Cl)c4)C(=O)[C@@H]3N1[C@@H]2c1cccs1. The van der Waals surface area contributed by atoms with Crippen LogP contribution in [-0.4, -0.2) is 45.7 Å². The molecule has 12 heteroatoms. The molecule has 6 heterocycles. The van der Waals surface area contributed by atoms with E-state index in [1.807, 2.05) is 45.0 Å². The van der Waals surface area contributed by atoms with Crippen molar-refractivity contribution in [3.05, 3.63) is 103 Å². The van der Waals surface area contributed by atoms with Crippen LogP contribution in [0.5, 0.6) is 0 Å². The topological polar surface area (TPSA) is 81.2 Å². The summed E-state index contributed by atoms with van der Waals surface area (Å²) >= 11 is 15.4. The van der Waals surface area contributed by atoms with Gasteiger partial charge in [0.15, 0.2) is 0 Å². The number of benzene rings is 2. The minimum Gasteiger partial charge on any atom is -0.274 e. The number of anilines is 2. The first-order valence-electron chi connectivity index (χ1n) is 13.3. The minimum atomic E-state index is -0.901. The van der Waals surface area contributed by atoms with E-state index < -0.39 is 47.8 Å². The molecule has 8 nitrogen and oxygen atoms in total. The van der Waals surface area contributed by atoms with Crippen molar-refractivity contribution in [1.29, 1.82) is 0 Å². The molecule has 4 saturated heterocycles. The molecule has 8 rings (SSSR count). The fourth-order valence-corrected chi connectivity index (χ4v) is 9.15. The van der Waals surface area contributed by atoms with E-state index in [-0.39, 0.29) is 11.8 Å². The molecule has 6 atom stereocenters. The molecular weight excluding hydrogens is 615 g/mol. The van der Waals surface area contributed by atoms with Crippen LogP contribution >= 0.6 is 45.9 Å². The van der Waals surface area contributed by atoms with Crippen LogP contribution in [0, 0.1) is 11.8 Å². The fraction of sp³-hybridized carbons (Fsp3) is 0.200. The number of amides is 4. The van der Waals surface area contributed by atoms with Crippen molar-refractivity contribution in [3.63, 3.8) is 0 Å². The smallest absolute Gasteiger partial charge is 0.253 e. The molecule has 2 aromatic heterocycles. The molecule has 0 N–H and O–H groups in total. The van der Waals surface area contributed by atoms with E-state index in [0.717, 1.165) is 9.75 Å². The normalized spacial score (nSPS) is 29.1. The maximum atomic E-state index is 14.3. The van der Waals surface area contributed by atoms with Gasteiger partial charge in [-0.25, -0.2) is 19.8 Å². The summed E-state index contributed by atoms with van der Waals surface area (Å²) in [6, 6.07) is 17.9. The number of thiophene rings is 2. The van der Waals surface area contributed by atoms with E-state index in [1.54, 1.807) is 48.5 Å². The van der Waals surface area contributed by atoms with Gasteiger partial charge in [-0.2, -0.15) is 0 Å². The first-order valence-corrected chi connectivity index (χ1v) is 15.8. The molecule has 0 aliphatic carbocycles. The van der Waals surface area contributed by atoms with Gasteiger partial charge in [-0.1, -0.05) is 47.5 Å². The monoisotopic (exact) mass is 634 g/mol. The summed E-state index contributed by atoms with van der Waals surface area (Å²) in [5.74, 6) is -3.09. The van der Waals surface area contributed by atoms with E-state index in [4.69, 9.17) is 23.2 Å². The average Bonchev–Trinajstić information content (AvgIpc) is 3.79. The highest BCUT2D eigenvalue weighted by Crippen LogP contribution is 2.60. The zero-order chi connectivity index (χ0) is 28.9. The van der Waals surface area contributed by atoms with E-state index >= 15 is 0 Å². The largest absolute Gasteiger partial charge is 0.274 e. The summed E-state index contributed by atoms with van der Waals surface area (Å²) < 4.78 is 0. The van der Waals surface area contributed by atoms with Gasteiger partial charge in [0.1, 0.15) is 12.1 Å². The molecule has 4 aliphatic rings. The van der Waals surface area contributed by atoms with Crippen LogP contribution in [0.25, 0.3) is 0 Å². The second-order valence-corrected chi connectivity index (χ2v) is 13.4. The Kier molecular flexibility index (Phi) is 5.98. The molecule has 0 radical (unpaired) electrons. The Hall–Kier alpha value is -3.38. The highest BCUT2D eigenvalue weighted by Gasteiger charge is 2.74. The first kappa shape index (κ1) is 26.3. The third-order valence-corrected chi connectivity index (χ3v) is 10.9. The van der Waals surface area contributed by atoms with Gasteiger partial charge in [0.05, 0.1) is 35.3 Å².